The molecule has 0 amide bonds. The van der Waals surface area contributed by atoms with Crippen LogP contribution < -0.4 is 5.32 Å². The number of nitrogens with zero attached hydrogens (tertiary/aromatic N) is 1. The maximum atomic E-state index is 12.9. The van der Waals surface area contributed by atoms with E-state index in [1.54, 1.807) is 29.4 Å². The lowest BCUT2D eigenvalue weighted by Crippen LogP contribution is -2.48. The summed E-state index contributed by atoms with van der Waals surface area (Å²) in [5.74, 6) is 0. The van der Waals surface area contributed by atoms with Crippen LogP contribution in [-0.2, 0) is 10.0 Å². The van der Waals surface area contributed by atoms with Crippen LogP contribution in [0.15, 0.2) is 23.1 Å². The minimum Gasteiger partial charge on any atom is -0.315 e. The second kappa shape index (κ2) is 6.43. The van der Waals surface area contributed by atoms with Crippen LogP contribution in [0.2, 0.25) is 5.02 Å². The van der Waals surface area contributed by atoms with E-state index < -0.39 is 10.0 Å². The SMILES string of the molecule is CCN(C1CCCNC1)S(=O)(=O)c1cc(Cl)ccc1C. The van der Waals surface area contributed by atoms with E-state index >= 15 is 0 Å². The van der Waals surface area contributed by atoms with Crippen molar-refractivity contribution in [3.05, 3.63) is 28.8 Å². The Kier molecular flexibility index (Phi) is 5.07. The average Bonchev–Trinajstić information content (AvgIpc) is 2.43. The standard InChI is InChI=1S/C14H21ClN2O2S/c1-3-17(13-5-4-8-16-10-13)20(18,19)14-9-12(15)7-6-11(14)2/h6-7,9,13,16H,3-5,8,10H2,1-2H3. The van der Waals surface area contributed by atoms with Gasteiger partial charge >= 0.3 is 0 Å². The smallest absolute Gasteiger partial charge is 0.243 e. The van der Waals surface area contributed by atoms with E-state index in [1.165, 1.54) is 0 Å². The number of aryl methyl sites for hydroxylation is 1. The molecule has 0 spiro atoms. The predicted molar refractivity (Wildman–Crippen MR) is 81.6 cm³/mol. The minimum atomic E-state index is -3.50. The third kappa shape index (κ3) is 3.17. The Morgan fingerprint density at radius 2 is 2.20 bits per heavy atom. The summed E-state index contributed by atoms with van der Waals surface area (Å²) < 4.78 is 27.3. The zero-order valence-corrected chi connectivity index (χ0v) is 13.5. The molecular formula is C14H21ClN2O2S. The molecule has 0 aromatic heterocycles. The van der Waals surface area contributed by atoms with E-state index in [2.05, 4.69) is 5.32 Å². The average molecular weight is 317 g/mol. The molecule has 1 aromatic rings. The van der Waals surface area contributed by atoms with E-state index in [9.17, 15) is 8.42 Å². The van der Waals surface area contributed by atoms with E-state index in [4.69, 9.17) is 11.6 Å². The summed E-state index contributed by atoms with van der Waals surface area (Å²) in [5.41, 5.74) is 0.733. The summed E-state index contributed by atoms with van der Waals surface area (Å²) in [6, 6.07) is 5.04. The van der Waals surface area contributed by atoms with Crippen LogP contribution in [0.4, 0.5) is 0 Å². The molecule has 6 heteroatoms. The number of benzene rings is 1. The molecule has 1 unspecified atom stereocenters. The fourth-order valence-corrected chi connectivity index (χ4v) is 4.83. The first-order valence-electron chi connectivity index (χ1n) is 6.95. The second-order valence-electron chi connectivity index (χ2n) is 5.12. The highest BCUT2D eigenvalue weighted by Gasteiger charge is 2.32. The predicted octanol–water partition coefficient (Wildman–Crippen LogP) is 2.41. The summed E-state index contributed by atoms with van der Waals surface area (Å²) in [6.45, 7) is 5.83. The molecule has 112 valence electrons. The van der Waals surface area contributed by atoms with Gasteiger partial charge in [-0.15, -0.1) is 0 Å². The van der Waals surface area contributed by atoms with Crippen LogP contribution in [0.5, 0.6) is 0 Å². The third-order valence-corrected chi connectivity index (χ3v) is 6.13. The molecule has 1 aromatic carbocycles. The van der Waals surface area contributed by atoms with Gasteiger partial charge in [-0.3, -0.25) is 0 Å². The molecule has 1 atom stereocenters. The monoisotopic (exact) mass is 316 g/mol. The highest BCUT2D eigenvalue weighted by molar-refractivity contribution is 7.89. The van der Waals surface area contributed by atoms with Crippen molar-refractivity contribution in [3.8, 4) is 0 Å². The number of piperidine rings is 1. The zero-order chi connectivity index (χ0) is 14.8. The van der Waals surface area contributed by atoms with E-state index in [0.717, 1.165) is 24.9 Å². The molecule has 0 bridgehead atoms. The lowest BCUT2D eigenvalue weighted by Gasteiger charge is -2.33. The molecule has 1 saturated heterocycles. The van der Waals surface area contributed by atoms with Gasteiger partial charge in [0.05, 0.1) is 4.90 Å². The lowest BCUT2D eigenvalue weighted by atomic mass is 10.1. The third-order valence-electron chi connectivity index (χ3n) is 3.73. The topological polar surface area (TPSA) is 49.4 Å². The summed E-state index contributed by atoms with van der Waals surface area (Å²) in [5, 5.41) is 3.72. The first-order valence-corrected chi connectivity index (χ1v) is 8.77. The Bertz CT molecular complexity index is 569. The van der Waals surface area contributed by atoms with Gasteiger partial charge in [-0.05, 0) is 44.0 Å². The molecule has 1 aliphatic heterocycles. The van der Waals surface area contributed by atoms with Gasteiger partial charge in [0.2, 0.25) is 10.0 Å². The number of nitrogens with one attached hydrogen (secondary N) is 1. The van der Waals surface area contributed by atoms with Gasteiger partial charge in [-0.1, -0.05) is 24.6 Å². The second-order valence-corrected chi connectivity index (χ2v) is 7.41. The fourth-order valence-electron chi connectivity index (χ4n) is 2.68. The molecule has 0 aliphatic carbocycles. The van der Waals surface area contributed by atoms with Crippen molar-refractivity contribution in [1.82, 2.24) is 9.62 Å². The van der Waals surface area contributed by atoms with E-state index in [0.29, 0.717) is 23.0 Å². The Balaban J connectivity index is 2.38. The number of rotatable bonds is 4. The molecule has 0 radical (unpaired) electrons. The molecule has 1 fully saturated rings. The Morgan fingerprint density at radius 3 is 2.80 bits per heavy atom. The van der Waals surface area contributed by atoms with Crippen LogP contribution in [0.1, 0.15) is 25.3 Å². The number of hydrogen-bond donors (Lipinski definition) is 1. The number of sulfonamides is 1. The first-order chi connectivity index (χ1) is 9.46. The van der Waals surface area contributed by atoms with Crippen LogP contribution in [0, 0.1) is 6.92 Å². The minimum absolute atomic E-state index is 0.0251. The van der Waals surface area contributed by atoms with Crippen molar-refractivity contribution in [2.75, 3.05) is 19.6 Å². The largest absolute Gasteiger partial charge is 0.315 e. The summed E-state index contributed by atoms with van der Waals surface area (Å²) in [7, 11) is -3.50. The van der Waals surface area contributed by atoms with Gasteiger partial charge in [-0.2, -0.15) is 4.31 Å². The maximum absolute atomic E-state index is 12.9. The zero-order valence-electron chi connectivity index (χ0n) is 11.9. The van der Waals surface area contributed by atoms with Crippen molar-refractivity contribution >= 4 is 21.6 Å². The lowest BCUT2D eigenvalue weighted by molar-refractivity contribution is 0.274. The van der Waals surface area contributed by atoms with Crippen molar-refractivity contribution in [1.29, 1.82) is 0 Å². The van der Waals surface area contributed by atoms with Crippen LogP contribution in [-0.4, -0.2) is 38.4 Å². The van der Waals surface area contributed by atoms with Crippen molar-refractivity contribution in [2.24, 2.45) is 0 Å². The van der Waals surface area contributed by atoms with E-state index in [1.807, 2.05) is 6.92 Å². The molecule has 2 rings (SSSR count). The highest BCUT2D eigenvalue weighted by Crippen LogP contribution is 2.26. The molecule has 1 aliphatic rings. The Morgan fingerprint density at radius 1 is 1.45 bits per heavy atom. The molecule has 1 N–H and O–H groups in total. The first kappa shape index (κ1) is 15.8. The number of likely N-dealkylation sites (N-methyl/N-ethyl adjacent to an activating group) is 1. The fraction of sp³-hybridized carbons (Fsp3) is 0.571. The van der Waals surface area contributed by atoms with Crippen LogP contribution in [0.25, 0.3) is 0 Å². The summed E-state index contributed by atoms with van der Waals surface area (Å²) in [4.78, 5) is 0.317. The van der Waals surface area contributed by atoms with Crippen LogP contribution in [0.3, 0.4) is 0 Å². The number of halogens is 1. The normalized spacial score (nSPS) is 20.3. The summed E-state index contributed by atoms with van der Waals surface area (Å²) >= 11 is 5.96. The molecular weight excluding hydrogens is 296 g/mol. The van der Waals surface area contributed by atoms with Gasteiger partial charge in [0.1, 0.15) is 0 Å². The molecule has 4 nitrogen and oxygen atoms in total. The maximum Gasteiger partial charge on any atom is 0.243 e. The molecule has 0 saturated carbocycles. The highest BCUT2D eigenvalue weighted by atomic mass is 35.5. The summed E-state index contributed by atoms with van der Waals surface area (Å²) in [6.07, 6.45) is 1.91. The van der Waals surface area contributed by atoms with Gasteiger partial charge in [0.15, 0.2) is 0 Å². The number of hydrogen-bond acceptors (Lipinski definition) is 3. The van der Waals surface area contributed by atoms with Gasteiger partial charge in [-0.25, -0.2) is 8.42 Å². The Hall–Kier alpha value is -0.620. The van der Waals surface area contributed by atoms with Crippen molar-refractivity contribution < 1.29 is 8.42 Å². The van der Waals surface area contributed by atoms with Gasteiger partial charge in [0.25, 0.3) is 0 Å². The van der Waals surface area contributed by atoms with Gasteiger partial charge in [0, 0.05) is 24.2 Å². The molecule has 20 heavy (non-hydrogen) atoms. The quantitative estimate of drug-likeness (QED) is 0.928. The molecule has 1 heterocycles. The van der Waals surface area contributed by atoms with Crippen molar-refractivity contribution in [3.63, 3.8) is 0 Å². The van der Waals surface area contributed by atoms with Crippen LogP contribution >= 0.6 is 11.6 Å². The van der Waals surface area contributed by atoms with Crippen molar-refractivity contribution in [2.45, 2.75) is 37.6 Å². The Labute approximate surface area is 126 Å². The van der Waals surface area contributed by atoms with E-state index in [-0.39, 0.29) is 6.04 Å². The van der Waals surface area contributed by atoms with Gasteiger partial charge < -0.3 is 5.32 Å².